The smallest absolute Gasteiger partial charge is 0.252 e. The summed E-state index contributed by atoms with van der Waals surface area (Å²) in [6.45, 7) is 14.4. The largest absolute Gasteiger partial charge is 0.433 e. The van der Waals surface area contributed by atoms with Gasteiger partial charge in [0.15, 0.2) is 0 Å². The molecular weight excluding hydrogens is 215 g/mol. The van der Waals surface area contributed by atoms with Gasteiger partial charge in [-0.3, -0.25) is 4.99 Å². The van der Waals surface area contributed by atoms with Gasteiger partial charge in [-0.25, -0.2) is 0 Å². The molecule has 0 atom stereocenters. The molecule has 0 bridgehead atoms. The molecule has 0 heterocycles. The Bertz CT molecular complexity index is 221. The minimum absolute atomic E-state index is 0.694. The van der Waals surface area contributed by atoms with E-state index in [1.54, 1.807) is 13.8 Å². The number of rotatable bonds is 2. The van der Waals surface area contributed by atoms with Crippen LogP contribution in [-0.2, 0) is 0 Å². The Labute approximate surface area is 96.8 Å². The Morgan fingerprint density at radius 1 is 1.06 bits per heavy atom. The predicted molar refractivity (Wildman–Crippen MR) is 65.8 cm³/mol. The topological polar surface area (TPSA) is 12.4 Å². The van der Waals surface area contributed by atoms with Gasteiger partial charge in [-0.1, -0.05) is 39.8 Å². The normalized spacial score (nSPS) is 10.2. The maximum atomic E-state index is 11.9. The monoisotopic (exact) mass is 237 g/mol. The van der Waals surface area contributed by atoms with E-state index in [1.165, 1.54) is 0 Å². The molecule has 0 rings (SSSR count). The molecule has 0 radical (unpaired) electrons. The van der Waals surface area contributed by atoms with Gasteiger partial charge in [-0.05, 0) is 19.9 Å². The number of hydrogen-bond acceptors (Lipinski definition) is 1. The summed E-state index contributed by atoms with van der Waals surface area (Å²) in [5.41, 5.74) is -0.262. The zero-order valence-electron chi connectivity index (χ0n) is 10.9. The SMILES string of the molecule is C=CC(=NC=C(C)C)C(F)(F)F.CC.CC. The molecule has 0 aromatic rings. The third-order valence-corrected chi connectivity index (χ3v) is 0.946. The average Bonchev–Trinajstić information content (AvgIpc) is 2.22. The molecule has 0 N–H and O–H groups in total. The second kappa shape index (κ2) is 12.0. The Hall–Kier alpha value is -1.06. The Morgan fingerprint density at radius 3 is 1.62 bits per heavy atom. The van der Waals surface area contributed by atoms with Crippen LogP contribution in [0.15, 0.2) is 29.4 Å². The van der Waals surface area contributed by atoms with E-state index in [9.17, 15) is 13.2 Å². The van der Waals surface area contributed by atoms with E-state index in [-0.39, 0.29) is 0 Å². The molecule has 0 saturated heterocycles. The van der Waals surface area contributed by atoms with E-state index in [0.29, 0.717) is 11.6 Å². The van der Waals surface area contributed by atoms with Gasteiger partial charge < -0.3 is 0 Å². The minimum Gasteiger partial charge on any atom is -0.252 e. The molecule has 0 fully saturated rings. The van der Waals surface area contributed by atoms with E-state index in [2.05, 4.69) is 11.6 Å². The number of aliphatic imine (C=N–C) groups is 1. The van der Waals surface area contributed by atoms with Gasteiger partial charge in [0, 0.05) is 6.20 Å². The fraction of sp³-hybridized carbons (Fsp3) is 0.583. The van der Waals surface area contributed by atoms with Crippen LogP contribution in [0.4, 0.5) is 13.2 Å². The number of alkyl halides is 3. The van der Waals surface area contributed by atoms with Crippen LogP contribution in [-0.4, -0.2) is 11.9 Å². The lowest BCUT2D eigenvalue weighted by atomic mass is 10.3. The third-order valence-electron chi connectivity index (χ3n) is 0.946. The van der Waals surface area contributed by atoms with Gasteiger partial charge in [0.2, 0.25) is 0 Å². The number of allylic oxidation sites excluding steroid dienone is 2. The standard InChI is InChI=1S/C8H10F3N.2C2H6/c1-4-7(8(9,10)11)12-5-6(2)3;2*1-2/h4-5H,1H2,2-3H3;2*1-2H3. The van der Waals surface area contributed by atoms with Crippen molar-refractivity contribution in [2.24, 2.45) is 4.99 Å². The summed E-state index contributed by atoms with van der Waals surface area (Å²) >= 11 is 0. The van der Waals surface area contributed by atoms with E-state index in [4.69, 9.17) is 0 Å². The maximum absolute atomic E-state index is 11.9. The van der Waals surface area contributed by atoms with Crippen LogP contribution in [0.2, 0.25) is 0 Å². The van der Waals surface area contributed by atoms with Gasteiger partial charge in [0.25, 0.3) is 0 Å². The second-order valence-electron chi connectivity index (χ2n) is 2.42. The van der Waals surface area contributed by atoms with Crippen molar-refractivity contribution in [1.29, 1.82) is 0 Å². The molecule has 4 heteroatoms. The van der Waals surface area contributed by atoms with Crippen molar-refractivity contribution in [3.05, 3.63) is 24.4 Å². The second-order valence-corrected chi connectivity index (χ2v) is 2.42. The molecule has 96 valence electrons. The van der Waals surface area contributed by atoms with Crippen molar-refractivity contribution in [2.75, 3.05) is 0 Å². The molecule has 0 aliphatic heterocycles. The van der Waals surface area contributed by atoms with Crippen molar-refractivity contribution >= 4 is 5.71 Å². The lowest BCUT2D eigenvalue weighted by molar-refractivity contribution is -0.0576. The minimum atomic E-state index is -4.41. The van der Waals surface area contributed by atoms with Crippen LogP contribution in [0.25, 0.3) is 0 Å². The molecule has 1 nitrogen and oxygen atoms in total. The Morgan fingerprint density at radius 2 is 1.44 bits per heavy atom. The Balaban J connectivity index is -0.000000376. The molecule has 0 aliphatic rings. The van der Waals surface area contributed by atoms with Crippen molar-refractivity contribution < 1.29 is 13.2 Å². The highest BCUT2D eigenvalue weighted by atomic mass is 19.4. The van der Waals surface area contributed by atoms with Gasteiger partial charge in [-0.2, -0.15) is 13.2 Å². The predicted octanol–water partition coefficient (Wildman–Crippen LogP) is 5.15. The van der Waals surface area contributed by atoms with Gasteiger partial charge >= 0.3 is 6.18 Å². The molecule has 0 aliphatic carbocycles. The van der Waals surface area contributed by atoms with E-state index in [1.807, 2.05) is 27.7 Å². The lowest BCUT2D eigenvalue weighted by Crippen LogP contribution is -2.19. The molecule has 0 aromatic carbocycles. The molecule has 0 spiro atoms. The van der Waals surface area contributed by atoms with Crippen LogP contribution < -0.4 is 0 Å². The van der Waals surface area contributed by atoms with E-state index >= 15 is 0 Å². The highest BCUT2D eigenvalue weighted by Gasteiger charge is 2.32. The molecule has 0 unspecified atom stereocenters. The fourth-order valence-corrected chi connectivity index (χ4v) is 0.440. The molecule has 16 heavy (non-hydrogen) atoms. The first-order chi connectivity index (χ1) is 7.38. The first-order valence-electron chi connectivity index (χ1n) is 5.28. The average molecular weight is 237 g/mol. The summed E-state index contributed by atoms with van der Waals surface area (Å²) in [4.78, 5) is 3.22. The summed E-state index contributed by atoms with van der Waals surface area (Å²) in [5, 5.41) is 0. The summed E-state index contributed by atoms with van der Waals surface area (Å²) in [5.74, 6) is 0. The third kappa shape index (κ3) is 12.9. The summed E-state index contributed by atoms with van der Waals surface area (Å²) in [6, 6.07) is 0. The quantitative estimate of drug-likeness (QED) is 0.589. The fourth-order valence-electron chi connectivity index (χ4n) is 0.440. The molecular formula is C12H22F3N. The summed E-state index contributed by atoms with van der Waals surface area (Å²) < 4.78 is 35.8. The van der Waals surface area contributed by atoms with E-state index < -0.39 is 11.9 Å². The highest BCUT2D eigenvalue weighted by molar-refractivity contribution is 5.99. The van der Waals surface area contributed by atoms with Gasteiger partial charge in [0.1, 0.15) is 5.71 Å². The number of halogens is 3. The number of hydrogen-bond donors (Lipinski definition) is 0. The van der Waals surface area contributed by atoms with Crippen molar-refractivity contribution in [1.82, 2.24) is 0 Å². The van der Waals surface area contributed by atoms with Crippen molar-refractivity contribution in [3.63, 3.8) is 0 Å². The van der Waals surface area contributed by atoms with Crippen LogP contribution in [0.3, 0.4) is 0 Å². The van der Waals surface area contributed by atoms with Crippen LogP contribution in [0, 0.1) is 0 Å². The lowest BCUT2D eigenvalue weighted by Gasteiger charge is -2.03. The van der Waals surface area contributed by atoms with Crippen LogP contribution >= 0.6 is 0 Å². The van der Waals surface area contributed by atoms with Crippen molar-refractivity contribution in [2.45, 2.75) is 47.7 Å². The van der Waals surface area contributed by atoms with Gasteiger partial charge in [0.05, 0.1) is 0 Å². The first-order valence-corrected chi connectivity index (χ1v) is 5.28. The number of nitrogens with zero attached hydrogens (tertiary/aromatic N) is 1. The van der Waals surface area contributed by atoms with Gasteiger partial charge in [-0.15, -0.1) is 0 Å². The van der Waals surface area contributed by atoms with E-state index in [0.717, 1.165) is 6.20 Å². The first kappa shape index (κ1) is 20.4. The van der Waals surface area contributed by atoms with Crippen LogP contribution in [0.1, 0.15) is 41.5 Å². The molecule has 0 aromatic heterocycles. The molecule has 0 amide bonds. The Kier molecular flexibility index (Phi) is 15.3. The van der Waals surface area contributed by atoms with Crippen LogP contribution in [0.5, 0.6) is 0 Å². The zero-order chi connectivity index (χ0) is 13.8. The maximum Gasteiger partial charge on any atom is 0.433 e. The summed E-state index contributed by atoms with van der Waals surface area (Å²) in [7, 11) is 0. The highest BCUT2D eigenvalue weighted by Crippen LogP contribution is 2.18. The zero-order valence-corrected chi connectivity index (χ0v) is 10.9. The molecule has 0 saturated carbocycles. The summed E-state index contributed by atoms with van der Waals surface area (Å²) in [6.07, 6.45) is -2.56. The van der Waals surface area contributed by atoms with Crippen molar-refractivity contribution in [3.8, 4) is 0 Å².